The number of amides is 3. The Hall–Kier alpha value is -2.87. The fourth-order valence-electron chi connectivity index (χ4n) is 2.40. The van der Waals surface area contributed by atoms with Crippen LogP contribution in [-0.2, 0) is 16.1 Å². The highest BCUT2D eigenvalue weighted by Crippen LogP contribution is 2.24. The number of hydrazine groups is 1. The van der Waals surface area contributed by atoms with Gasteiger partial charge in [-0.25, -0.2) is 0 Å². The molecule has 29 heavy (non-hydrogen) atoms. The number of benzene rings is 2. The van der Waals surface area contributed by atoms with Crippen molar-refractivity contribution in [2.24, 2.45) is 0 Å². The molecule has 2 aromatic rings. The van der Waals surface area contributed by atoms with Crippen LogP contribution >= 0.6 is 15.9 Å². The van der Waals surface area contributed by atoms with E-state index in [4.69, 9.17) is 4.74 Å². The summed E-state index contributed by atoms with van der Waals surface area (Å²) in [6, 6.07) is 14.5. The van der Waals surface area contributed by atoms with Crippen molar-refractivity contribution in [2.45, 2.75) is 39.3 Å². The molecule has 0 heterocycles. The maximum atomic E-state index is 12.4. The van der Waals surface area contributed by atoms with Crippen LogP contribution in [-0.4, -0.2) is 23.8 Å². The Morgan fingerprint density at radius 3 is 2.34 bits per heavy atom. The predicted octanol–water partition coefficient (Wildman–Crippen LogP) is 3.09. The van der Waals surface area contributed by atoms with Crippen LogP contribution in [0.15, 0.2) is 53.0 Å². The average molecular weight is 462 g/mol. The number of hydrogen-bond acceptors (Lipinski definition) is 4. The van der Waals surface area contributed by atoms with Crippen LogP contribution in [0.3, 0.4) is 0 Å². The third kappa shape index (κ3) is 7.95. The smallest absolute Gasteiger partial charge is 0.273 e. The van der Waals surface area contributed by atoms with Crippen molar-refractivity contribution in [2.75, 3.05) is 0 Å². The van der Waals surface area contributed by atoms with Crippen molar-refractivity contribution in [1.82, 2.24) is 16.2 Å². The van der Waals surface area contributed by atoms with Crippen molar-refractivity contribution in [1.29, 1.82) is 0 Å². The molecule has 2 aromatic carbocycles. The second-order valence-electron chi connectivity index (χ2n) is 6.57. The molecule has 0 atom stereocenters. The van der Waals surface area contributed by atoms with Crippen LogP contribution in [0.2, 0.25) is 0 Å². The predicted molar refractivity (Wildman–Crippen MR) is 113 cm³/mol. The number of halogens is 1. The first kappa shape index (κ1) is 22.4. The largest absolute Gasteiger partial charge is 0.490 e. The first-order chi connectivity index (χ1) is 13.8. The van der Waals surface area contributed by atoms with Gasteiger partial charge in [0.25, 0.3) is 5.91 Å². The van der Waals surface area contributed by atoms with Gasteiger partial charge in [-0.1, -0.05) is 46.3 Å². The summed E-state index contributed by atoms with van der Waals surface area (Å²) >= 11 is 3.32. The summed E-state index contributed by atoms with van der Waals surface area (Å²) < 4.78 is 6.33. The molecule has 2 rings (SSSR count). The van der Waals surface area contributed by atoms with Crippen LogP contribution in [0, 0.1) is 0 Å². The molecule has 0 aromatic heterocycles. The van der Waals surface area contributed by atoms with E-state index in [0.29, 0.717) is 16.8 Å². The normalized spacial score (nSPS) is 10.3. The second-order valence-corrected chi connectivity index (χ2v) is 7.49. The van der Waals surface area contributed by atoms with Gasteiger partial charge in [-0.15, -0.1) is 0 Å². The van der Waals surface area contributed by atoms with E-state index < -0.39 is 11.8 Å². The minimum atomic E-state index is -0.510. The molecule has 0 aliphatic rings. The van der Waals surface area contributed by atoms with Gasteiger partial charge in [0, 0.05) is 23.9 Å². The van der Waals surface area contributed by atoms with E-state index in [9.17, 15) is 14.4 Å². The molecule has 8 heteroatoms. The summed E-state index contributed by atoms with van der Waals surface area (Å²) in [5, 5.41) is 2.75. The number of hydrogen-bond donors (Lipinski definition) is 3. The molecule has 154 valence electrons. The monoisotopic (exact) mass is 461 g/mol. The lowest BCUT2D eigenvalue weighted by Crippen LogP contribution is -2.42. The Labute approximate surface area is 178 Å². The van der Waals surface area contributed by atoms with Crippen LogP contribution < -0.4 is 20.9 Å². The van der Waals surface area contributed by atoms with E-state index in [1.54, 1.807) is 18.2 Å². The molecule has 0 spiro atoms. The van der Waals surface area contributed by atoms with Gasteiger partial charge in [0.05, 0.1) is 11.7 Å². The summed E-state index contributed by atoms with van der Waals surface area (Å²) in [6.07, 6.45) is -0.131. The van der Waals surface area contributed by atoms with Gasteiger partial charge in [-0.2, -0.15) is 0 Å². The molecule has 0 aliphatic heterocycles. The molecular weight excluding hydrogens is 438 g/mol. The highest BCUT2D eigenvalue weighted by molar-refractivity contribution is 9.10. The fraction of sp³-hybridized carbons (Fsp3) is 0.286. The summed E-state index contributed by atoms with van der Waals surface area (Å²) in [7, 11) is 0. The summed E-state index contributed by atoms with van der Waals surface area (Å²) in [4.78, 5) is 36.2. The summed E-state index contributed by atoms with van der Waals surface area (Å²) in [5.74, 6) is -0.802. The van der Waals surface area contributed by atoms with Gasteiger partial charge in [0.15, 0.2) is 0 Å². The average Bonchev–Trinajstić information content (AvgIpc) is 2.70. The van der Waals surface area contributed by atoms with Crippen LogP contribution in [0.4, 0.5) is 0 Å². The molecule has 0 unspecified atom stereocenters. The maximum Gasteiger partial charge on any atom is 0.273 e. The number of ether oxygens (including phenoxy) is 1. The van der Waals surface area contributed by atoms with Crippen LogP contribution in [0.5, 0.6) is 5.75 Å². The lowest BCUT2D eigenvalue weighted by atomic mass is 10.2. The highest BCUT2D eigenvalue weighted by atomic mass is 79.9. The van der Waals surface area contributed by atoms with Gasteiger partial charge in [0.1, 0.15) is 5.75 Å². The minimum absolute atomic E-state index is 0.0210. The third-order valence-electron chi connectivity index (χ3n) is 3.78. The molecule has 0 bridgehead atoms. The van der Waals surface area contributed by atoms with E-state index in [-0.39, 0.29) is 30.4 Å². The Bertz CT molecular complexity index is 856. The van der Waals surface area contributed by atoms with Crippen molar-refractivity contribution in [3.05, 3.63) is 64.1 Å². The van der Waals surface area contributed by atoms with E-state index in [2.05, 4.69) is 32.1 Å². The molecular formula is C21H24BrN3O4. The third-order valence-corrected chi connectivity index (χ3v) is 4.27. The Morgan fingerprint density at radius 1 is 0.966 bits per heavy atom. The molecule has 0 fully saturated rings. The molecule has 3 amide bonds. The Kier molecular flexibility index (Phi) is 8.67. The quantitative estimate of drug-likeness (QED) is 0.526. The zero-order valence-corrected chi connectivity index (χ0v) is 17.9. The lowest BCUT2D eigenvalue weighted by molar-refractivity contribution is -0.126. The van der Waals surface area contributed by atoms with E-state index in [1.807, 2.05) is 44.2 Å². The Morgan fingerprint density at radius 2 is 1.66 bits per heavy atom. The zero-order valence-electron chi connectivity index (χ0n) is 16.3. The fourth-order valence-corrected chi connectivity index (χ4v) is 2.77. The van der Waals surface area contributed by atoms with Crippen molar-refractivity contribution < 1.29 is 19.1 Å². The van der Waals surface area contributed by atoms with E-state index >= 15 is 0 Å². The van der Waals surface area contributed by atoms with Crippen molar-refractivity contribution in [3.63, 3.8) is 0 Å². The lowest BCUT2D eigenvalue weighted by Gasteiger charge is -2.15. The Balaban J connectivity index is 1.78. The van der Waals surface area contributed by atoms with Crippen LogP contribution in [0.25, 0.3) is 0 Å². The van der Waals surface area contributed by atoms with E-state index in [0.717, 1.165) is 5.56 Å². The van der Waals surface area contributed by atoms with Crippen LogP contribution in [0.1, 0.15) is 42.6 Å². The molecule has 0 radical (unpaired) electrons. The molecule has 0 aliphatic carbocycles. The number of rotatable bonds is 8. The maximum absolute atomic E-state index is 12.4. The van der Waals surface area contributed by atoms with E-state index in [1.165, 1.54) is 0 Å². The van der Waals surface area contributed by atoms with Crippen molar-refractivity contribution in [3.8, 4) is 5.75 Å². The number of carbonyl (C=O) groups excluding carboxylic acids is 3. The van der Waals surface area contributed by atoms with Gasteiger partial charge in [-0.05, 0) is 37.6 Å². The number of nitrogens with one attached hydrogen (secondary N) is 3. The SMILES string of the molecule is CC(C)Oc1ccc(Br)cc1C(=O)NNC(=O)CCC(=O)NCc1ccccc1. The summed E-state index contributed by atoms with van der Waals surface area (Å²) in [6.45, 7) is 4.11. The molecule has 7 nitrogen and oxygen atoms in total. The van der Waals surface area contributed by atoms with Crippen molar-refractivity contribution >= 4 is 33.7 Å². The first-order valence-electron chi connectivity index (χ1n) is 9.21. The summed E-state index contributed by atoms with van der Waals surface area (Å²) in [5.41, 5.74) is 5.93. The van der Waals surface area contributed by atoms with Gasteiger partial charge >= 0.3 is 0 Å². The van der Waals surface area contributed by atoms with Gasteiger partial charge in [0.2, 0.25) is 11.8 Å². The standard InChI is InChI=1S/C21H24BrN3O4/c1-14(2)29-18-9-8-16(22)12-17(18)21(28)25-24-20(27)11-10-19(26)23-13-15-6-4-3-5-7-15/h3-9,12,14H,10-11,13H2,1-2H3,(H,23,26)(H,24,27)(H,25,28). The molecule has 0 saturated carbocycles. The highest BCUT2D eigenvalue weighted by Gasteiger charge is 2.15. The minimum Gasteiger partial charge on any atom is -0.490 e. The van der Waals surface area contributed by atoms with Gasteiger partial charge in [-0.3, -0.25) is 25.2 Å². The zero-order chi connectivity index (χ0) is 21.2. The van der Waals surface area contributed by atoms with Gasteiger partial charge < -0.3 is 10.1 Å². The second kappa shape index (κ2) is 11.2. The molecule has 3 N–H and O–H groups in total. The topological polar surface area (TPSA) is 96.5 Å². The molecule has 0 saturated heterocycles. The first-order valence-corrected chi connectivity index (χ1v) is 10.0. The number of carbonyl (C=O) groups is 3.